The predicted molar refractivity (Wildman–Crippen MR) is 132 cm³/mol. The SMILES string of the molecule is Cc1ccccc1-c1c2ccccc2c(-c2cccc3ccccc23)c2ncccc12. The van der Waals surface area contributed by atoms with Crippen LogP contribution < -0.4 is 0 Å². The van der Waals surface area contributed by atoms with Crippen molar-refractivity contribution in [3.63, 3.8) is 0 Å². The van der Waals surface area contributed by atoms with Crippen molar-refractivity contribution in [2.24, 2.45) is 0 Å². The Hall–Kier alpha value is -3.97. The maximum atomic E-state index is 4.93. The van der Waals surface area contributed by atoms with Crippen molar-refractivity contribution < 1.29 is 0 Å². The Morgan fingerprint density at radius 3 is 1.94 bits per heavy atom. The lowest BCUT2D eigenvalue weighted by Gasteiger charge is -2.18. The molecule has 1 aromatic heterocycles. The van der Waals surface area contributed by atoms with E-state index in [-0.39, 0.29) is 0 Å². The summed E-state index contributed by atoms with van der Waals surface area (Å²) in [6, 6.07) is 36.8. The summed E-state index contributed by atoms with van der Waals surface area (Å²) in [6.45, 7) is 2.19. The first-order valence-corrected chi connectivity index (χ1v) is 10.7. The molecular formula is C30H21N. The van der Waals surface area contributed by atoms with E-state index in [0.29, 0.717) is 0 Å². The molecule has 1 heterocycles. The first kappa shape index (κ1) is 17.9. The number of fused-ring (bicyclic) bond motifs is 3. The summed E-state index contributed by atoms with van der Waals surface area (Å²) >= 11 is 0. The van der Waals surface area contributed by atoms with Crippen LogP contribution in [0.15, 0.2) is 109 Å². The molecule has 0 saturated carbocycles. The molecule has 0 saturated heterocycles. The van der Waals surface area contributed by atoms with Crippen molar-refractivity contribution in [3.05, 3.63) is 115 Å². The molecule has 0 unspecified atom stereocenters. The number of nitrogens with zero attached hydrogens (tertiary/aromatic N) is 1. The molecule has 0 fully saturated rings. The first-order valence-electron chi connectivity index (χ1n) is 10.7. The third-order valence-corrected chi connectivity index (χ3v) is 6.25. The standard InChI is InChI=1S/C30H21N/c1-20-10-2-4-13-22(20)28-25-15-6-7-16-26(25)29(30-27(28)18-9-19-31-30)24-17-8-12-21-11-3-5-14-23(21)24/h2-19H,1H3. The van der Waals surface area contributed by atoms with Crippen molar-refractivity contribution in [1.82, 2.24) is 4.98 Å². The van der Waals surface area contributed by atoms with Gasteiger partial charge in [0.2, 0.25) is 0 Å². The van der Waals surface area contributed by atoms with Crippen LogP contribution in [-0.2, 0) is 0 Å². The fourth-order valence-electron chi connectivity index (χ4n) is 4.86. The zero-order valence-corrected chi connectivity index (χ0v) is 17.3. The molecule has 1 nitrogen and oxygen atoms in total. The minimum Gasteiger partial charge on any atom is -0.256 e. The zero-order valence-electron chi connectivity index (χ0n) is 17.3. The number of benzene rings is 5. The van der Waals surface area contributed by atoms with Gasteiger partial charge in [0.05, 0.1) is 5.52 Å². The summed E-state index contributed by atoms with van der Waals surface area (Å²) in [4.78, 5) is 4.93. The van der Waals surface area contributed by atoms with E-state index in [2.05, 4.69) is 104 Å². The van der Waals surface area contributed by atoms with E-state index < -0.39 is 0 Å². The average Bonchev–Trinajstić information content (AvgIpc) is 2.83. The van der Waals surface area contributed by atoms with Gasteiger partial charge in [-0.05, 0) is 56.8 Å². The second kappa shape index (κ2) is 7.07. The van der Waals surface area contributed by atoms with E-state index in [9.17, 15) is 0 Å². The summed E-state index contributed by atoms with van der Waals surface area (Å²) in [5, 5.41) is 6.20. The summed E-state index contributed by atoms with van der Waals surface area (Å²) in [6.07, 6.45) is 1.91. The van der Waals surface area contributed by atoms with E-state index >= 15 is 0 Å². The third kappa shape index (κ3) is 2.74. The Balaban J connectivity index is 1.85. The van der Waals surface area contributed by atoms with Gasteiger partial charge in [0, 0.05) is 17.1 Å². The van der Waals surface area contributed by atoms with E-state index in [0.717, 1.165) is 5.52 Å². The first-order chi connectivity index (χ1) is 15.3. The Bertz CT molecular complexity index is 1530. The van der Waals surface area contributed by atoms with E-state index in [1.54, 1.807) is 0 Å². The van der Waals surface area contributed by atoms with Gasteiger partial charge in [-0.2, -0.15) is 0 Å². The molecule has 6 rings (SSSR count). The number of hydrogen-bond donors (Lipinski definition) is 0. The largest absolute Gasteiger partial charge is 0.256 e. The average molecular weight is 396 g/mol. The van der Waals surface area contributed by atoms with Gasteiger partial charge >= 0.3 is 0 Å². The monoisotopic (exact) mass is 395 g/mol. The fraction of sp³-hybridized carbons (Fsp3) is 0.0333. The minimum atomic E-state index is 1.05. The normalized spacial score (nSPS) is 11.4. The second-order valence-corrected chi connectivity index (χ2v) is 8.04. The quantitative estimate of drug-likeness (QED) is 0.269. The summed E-state index contributed by atoms with van der Waals surface area (Å²) in [7, 11) is 0. The Morgan fingerprint density at radius 1 is 0.484 bits per heavy atom. The molecule has 6 aromatic rings. The van der Waals surface area contributed by atoms with E-state index in [1.807, 2.05) is 12.3 Å². The number of hydrogen-bond acceptors (Lipinski definition) is 1. The molecular weight excluding hydrogens is 374 g/mol. The molecule has 5 aromatic carbocycles. The molecule has 146 valence electrons. The zero-order chi connectivity index (χ0) is 20.8. The van der Waals surface area contributed by atoms with Gasteiger partial charge < -0.3 is 0 Å². The maximum absolute atomic E-state index is 4.93. The van der Waals surface area contributed by atoms with Crippen LogP contribution >= 0.6 is 0 Å². The Kier molecular flexibility index (Phi) is 4.07. The van der Waals surface area contributed by atoms with Crippen LogP contribution in [0.5, 0.6) is 0 Å². The third-order valence-electron chi connectivity index (χ3n) is 6.25. The molecule has 0 aliphatic carbocycles. The molecule has 0 aliphatic rings. The lowest BCUT2D eigenvalue weighted by molar-refractivity contribution is 1.41. The minimum absolute atomic E-state index is 1.05. The number of aromatic nitrogens is 1. The van der Waals surface area contributed by atoms with Crippen molar-refractivity contribution >= 4 is 32.4 Å². The van der Waals surface area contributed by atoms with Crippen LogP contribution in [0, 0.1) is 6.92 Å². The van der Waals surface area contributed by atoms with Gasteiger partial charge in [0.25, 0.3) is 0 Å². The van der Waals surface area contributed by atoms with Crippen molar-refractivity contribution in [2.45, 2.75) is 6.92 Å². The molecule has 0 aliphatic heterocycles. The molecule has 0 spiro atoms. The van der Waals surface area contributed by atoms with Crippen molar-refractivity contribution in [3.8, 4) is 22.3 Å². The molecule has 0 N–H and O–H groups in total. The summed E-state index contributed by atoms with van der Waals surface area (Å²) < 4.78 is 0. The highest BCUT2D eigenvalue weighted by Gasteiger charge is 2.19. The second-order valence-electron chi connectivity index (χ2n) is 8.04. The number of pyridine rings is 1. The van der Waals surface area contributed by atoms with Crippen LogP contribution in [-0.4, -0.2) is 4.98 Å². The molecule has 1 heteroatoms. The van der Waals surface area contributed by atoms with E-state index in [4.69, 9.17) is 4.98 Å². The predicted octanol–water partition coefficient (Wildman–Crippen LogP) is 8.18. The van der Waals surface area contributed by atoms with Crippen LogP contribution in [0.3, 0.4) is 0 Å². The molecule has 0 bridgehead atoms. The lowest BCUT2D eigenvalue weighted by atomic mass is 9.85. The van der Waals surface area contributed by atoms with Gasteiger partial charge in [0.1, 0.15) is 0 Å². The Labute approximate surface area is 181 Å². The highest BCUT2D eigenvalue weighted by molar-refractivity contribution is 6.22. The summed E-state index contributed by atoms with van der Waals surface area (Å²) in [5.41, 5.74) is 7.29. The topological polar surface area (TPSA) is 12.9 Å². The number of aryl methyl sites for hydroxylation is 1. The van der Waals surface area contributed by atoms with Crippen molar-refractivity contribution in [1.29, 1.82) is 0 Å². The molecule has 31 heavy (non-hydrogen) atoms. The molecule has 0 radical (unpaired) electrons. The van der Waals surface area contributed by atoms with E-state index in [1.165, 1.54) is 54.7 Å². The van der Waals surface area contributed by atoms with Gasteiger partial charge in [-0.15, -0.1) is 0 Å². The van der Waals surface area contributed by atoms with Gasteiger partial charge in [-0.1, -0.05) is 97.1 Å². The van der Waals surface area contributed by atoms with Crippen LogP contribution in [0.25, 0.3) is 54.7 Å². The van der Waals surface area contributed by atoms with Crippen LogP contribution in [0.1, 0.15) is 5.56 Å². The molecule has 0 amide bonds. The van der Waals surface area contributed by atoms with Crippen molar-refractivity contribution in [2.75, 3.05) is 0 Å². The summed E-state index contributed by atoms with van der Waals surface area (Å²) in [5.74, 6) is 0. The van der Waals surface area contributed by atoms with Gasteiger partial charge in [-0.25, -0.2) is 0 Å². The maximum Gasteiger partial charge on any atom is 0.0793 e. The van der Waals surface area contributed by atoms with Crippen LogP contribution in [0.2, 0.25) is 0 Å². The van der Waals surface area contributed by atoms with Crippen LogP contribution in [0.4, 0.5) is 0 Å². The van der Waals surface area contributed by atoms with Gasteiger partial charge in [-0.3, -0.25) is 4.98 Å². The van der Waals surface area contributed by atoms with Gasteiger partial charge in [0.15, 0.2) is 0 Å². The fourth-order valence-corrected chi connectivity index (χ4v) is 4.86. The highest BCUT2D eigenvalue weighted by atomic mass is 14.7. The number of rotatable bonds is 2. The molecule has 0 atom stereocenters. The highest BCUT2D eigenvalue weighted by Crippen LogP contribution is 2.44. The Morgan fingerprint density at radius 2 is 1.10 bits per heavy atom. The smallest absolute Gasteiger partial charge is 0.0793 e. The lowest BCUT2D eigenvalue weighted by Crippen LogP contribution is -1.94.